The van der Waals surface area contributed by atoms with Gasteiger partial charge in [-0.1, -0.05) is 30.3 Å². The van der Waals surface area contributed by atoms with Crippen LogP contribution in [0.2, 0.25) is 0 Å². The standard InChI is InChI=1S/C16H17N5O3/c1-10-14(11-6-4-3-5-7-11)18-19-15(10)17-12(22)8-21-13(23)9-20(2)16(21)24/h3-7H,8-9H2,1-2H3,(H2,17,18,19,22). The van der Waals surface area contributed by atoms with Crippen molar-refractivity contribution in [2.45, 2.75) is 6.92 Å². The van der Waals surface area contributed by atoms with E-state index in [1.807, 2.05) is 37.3 Å². The highest BCUT2D eigenvalue weighted by molar-refractivity contribution is 6.06. The highest BCUT2D eigenvalue weighted by atomic mass is 16.2. The van der Waals surface area contributed by atoms with Gasteiger partial charge in [-0.05, 0) is 12.5 Å². The van der Waals surface area contributed by atoms with Crippen molar-refractivity contribution in [1.82, 2.24) is 20.0 Å². The van der Waals surface area contributed by atoms with Gasteiger partial charge in [0.25, 0.3) is 5.91 Å². The van der Waals surface area contributed by atoms with Crippen LogP contribution in [0.1, 0.15) is 5.56 Å². The number of hydrogen-bond acceptors (Lipinski definition) is 4. The van der Waals surface area contributed by atoms with Crippen LogP contribution in [0.25, 0.3) is 11.3 Å². The summed E-state index contributed by atoms with van der Waals surface area (Å²) in [6.07, 6.45) is 0. The Bertz CT molecular complexity index is 799. The minimum atomic E-state index is -0.473. The summed E-state index contributed by atoms with van der Waals surface area (Å²) in [5.74, 6) is -0.478. The molecule has 8 heteroatoms. The van der Waals surface area contributed by atoms with Gasteiger partial charge in [-0.2, -0.15) is 5.10 Å². The Morgan fingerprint density at radius 2 is 2.00 bits per heavy atom. The number of carbonyl (C=O) groups excluding carboxylic acids is 3. The maximum Gasteiger partial charge on any atom is 0.327 e. The van der Waals surface area contributed by atoms with Crippen LogP contribution in [-0.4, -0.2) is 58.0 Å². The molecule has 1 saturated heterocycles. The second-order valence-corrected chi connectivity index (χ2v) is 5.60. The number of amides is 4. The number of benzene rings is 1. The molecule has 1 aliphatic heterocycles. The molecule has 8 nitrogen and oxygen atoms in total. The third-order valence-corrected chi connectivity index (χ3v) is 3.86. The summed E-state index contributed by atoms with van der Waals surface area (Å²) in [7, 11) is 1.52. The highest BCUT2D eigenvalue weighted by Gasteiger charge is 2.34. The molecule has 1 aromatic heterocycles. The molecule has 2 aromatic rings. The molecular formula is C16H17N5O3. The number of anilines is 1. The summed E-state index contributed by atoms with van der Waals surface area (Å²) in [6, 6.07) is 9.13. The fraction of sp³-hybridized carbons (Fsp3) is 0.250. The van der Waals surface area contributed by atoms with Crippen molar-refractivity contribution in [2.75, 3.05) is 25.5 Å². The number of hydrogen-bond donors (Lipinski definition) is 2. The van der Waals surface area contributed by atoms with E-state index in [0.29, 0.717) is 5.82 Å². The van der Waals surface area contributed by atoms with Crippen LogP contribution < -0.4 is 5.32 Å². The van der Waals surface area contributed by atoms with E-state index >= 15 is 0 Å². The fourth-order valence-electron chi connectivity index (χ4n) is 2.55. The van der Waals surface area contributed by atoms with Gasteiger partial charge in [0.1, 0.15) is 13.1 Å². The summed E-state index contributed by atoms with van der Waals surface area (Å²) in [5, 5.41) is 9.63. The second kappa shape index (κ2) is 6.15. The lowest BCUT2D eigenvalue weighted by Gasteiger charge is -2.13. The smallest absolute Gasteiger partial charge is 0.318 e. The van der Waals surface area contributed by atoms with E-state index in [1.54, 1.807) is 0 Å². The predicted octanol–water partition coefficient (Wildman–Crippen LogP) is 1.22. The van der Waals surface area contributed by atoms with Gasteiger partial charge in [0.2, 0.25) is 5.91 Å². The minimum Gasteiger partial charge on any atom is -0.318 e. The number of nitrogens with zero attached hydrogens (tertiary/aromatic N) is 3. The summed E-state index contributed by atoms with van der Waals surface area (Å²) in [5.41, 5.74) is 2.54. The molecule has 0 aliphatic carbocycles. The first-order chi connectivity index (χ1) is 11.5. The summed E-state index contributed by atoms with van der Waals surface area (Å²) < 4.78 is 0. The number of H-pyrrole nitrogens is 1. The number of aromatic nitrogens is 2. The van der Waals surface area contributed by atoms with Crippen molar-refractivity contribution in [3.63, 3.8) is 0 Å². The van der Waals surface area contributed by atoms with Gasteiger partial charge < -0.3 is 10.2 Å². The van der Waals surface area contributed by atoms with Gasteiger partial charge in [0.15, 0.2) is 5.82 Å². The molecule has 0 saturated carbocycles. The Morgan fingerprint density at radius 1 is 1.29 bits per heavy atom. The van der Waals surface area contributed by atoms with Crippen LogP contribution in [-0.2, 0) is 9.59 Å². The van der Waals surface area contributed by atoms with E-state index in [9.17, 15) is 14.4 Å². The molecule has 3 rings (SSSR count). The molecule has 1 aromatic carbocycles. The van der Waals surface area contributed by atoms with E-state index in [4.69, 9.17) is 0 Å². The Labute approximate surface area is 138 Å². The summed E-state index contributed by atoms with van der Waals surface area (Å²) >= 11 is 0. The SMILES string of the molecule is Cc1c(NC(=O)CN2C(=O)CN(C)C2=O)n[nH]c1-c1ccccc1. The lowest BCUT2D eigenvalue weighted by molar-refractivity contribution is -0.129. The Morgan fingerprint density at radius 3 is 2.62 bits per heavy atom. The number of imide groups is 1. The lowest BCUT2D eigenvalue weighted by atomic mass is 10.1. The van der Waals surface area contributed by atoms with E-state index in [-0.39, 0.29) is 19.0 Å². The Hall–Kier alpha value is -3.16. The first kappa shape index (κ1) is 15.7. The van der Waals surface area contributed by atoms with E-state index in [0.717, 1.165) is 21.7 Å². The van der Waals surface area contributed by atoms with Crippen molar-refractivity contribution >= 4 is 23.7 Å². The van der Waals surface area contributed by atoms with Gasteiger partial charge in [0, 0.05) is 12.6 Å². The molecule has 0 radical (unpaired) electrons. The zero-order valence-electron chi connectivity index (χ0n) is 13.4. The monoisotopic (exact) mass is 327 g/mol. The van der Waals surface area contributed by atoms with Crippen molar-refractivity contribution in [3.05, 3.63) is 35.9 Å². The Balaban J connectivity index is 1.71. The number of urea groups is 1. The first-order valence-corrected chi connectivity index (χ1v) is 7.43. The maximum absolute atomic E-state index is 12.1. The molecule has 0 bridgehead atoms. The van der Waals surface area contributed by atoms with Crippen LogP contribution in [0.15, 0.2) is 30.3 Å². The Kier molecular flexibility index (Phi) is 4.03. The molecule has 2 N–H and O–H groups in total. The lowest BCUT2D eigenvalue weighted by Crippen LogP contribution is -2.38. The topological polar surface area (TPSA) is 98.4 Å². The molecular weight excluding hydrogens is 310 g/mol. The van der Waals surface area contributed by atoms with E-state index < -0.39 is 11.9 Å². The van der Waals surface area contributed by atoms with Gasteiger partial charge in [0.05, 0.1) is 5.69 Å². The number of aromatic amines is 1. The van der Waals surface area contributed by atoms with Crippen molar-refractivity contribution < 1.29 is 14.4 Å². The molecule has 24 heavy (non-hydrogen) atoms. The van der Waals surface area contributed by atoms with Gasteiger partial charge in [-0.3, -0.25) is 19.6 Å². The molecule has 1 fully saturated rings. The average molecular weight is 327 g/mol. The van der Waals surface area contributed by atoms with Gasteiger partial charge in [-0.15, -0.1) is 0 Å². The predicted molar refractivity (Wildman–Crippen MR) is 87.1 cm³/mol. The molecule has 1 aliphatic rings. The molecule has 2 heterocycles. The van der Waals surface area contributed by atoms with E-state index in [1.165, 1.54) is 11.9 Å². The average Bonchev–Trinajstić information content (AvgIpc) is 3.03. The van der Waals surface area contributed by atoms with Crippen LogP contribution in [0.4, 0.5) is 10.6 Å². The summed E-state index contributed by atoms with van der Waals surface area (Å²) in [4.78, 5) is 37.8. The second-order valence-electron chi connectivity index (χ2n) is 5.60. The number of nitrogens with one attached hydrogen (secondary N) is 2. The van der Waals surface area contributed by atoms with Crippen LogP contribution in [0, 0.1) is 6.92 Å². The first-order valence-electron chi connectivity index (χ1n) is 7.43. The van der Waals surface area contributed by atoms with E-state index in [2.05, 4.69) is 15.5 Å². The van der Waals surface area contributed by atoms with Gasteiger partial charge in [-0.25, -0.2) is 4.79 Å². The van der Waals surface area contributed by atoms with Crippen molar-refractivity contribution in [1.29, 1.82) is 0 Å². The van der Waals surface area contributed by atoms with Gasteiger partial charge >= 0.3 is 6.03 Å². The zero-order chi connectivity index (χ0) is 17.3. The molecule has 0 unspecified atom stereocenters. The third-order valence-electron chi connectivity index (χ3n) is 3.86. The molecule has 0 atom stereocenters. The number of rotatable bonds is 4. The van der Waals surface area contributed by atoms with Crippen molar-refractivity contribution in [2.24, 2.45) is 0 Å². The molecule has 0 spiro atoms. The molecule has 124 valence electrons. The van der Waals surface area contributed by atoms with Crippen LogP contribution in [0.5, 0.6) is 0 Å². The van der Waals surface area contributed by atoms with Crippen LogP contribution in [0.3, 0.4) is 0 Å². The minimum absolute atomic E-state index is 0.00823. The fourth-order valence-corrected chi connectivity index (χ4v) is 2.55. The van der Waals surface area contributed by atoms with Crippen LogP contribution >= 0.6 is 0 Å². The quantitative estimate of drug-likeness (QED) is 0.825. The number of carbonyl (C=O) groups is 3. The van der Waals surface area contributed by atoms with Crippen molar-refractivity contribution in [3.8, 4) is 11.3 Å². The third kappa shape index (κ3) is 2.85. The largest absolute Gasteiger partial charge is 0.327 e. The maximum atomic E-state index is 12.1. The normalized spacial score (nSPS) is 14.4. The molecule has 4 amide bonds. The zero-order valence-corrected chi connectivity index (χ0v) is 13.4. The number of likely N-dealkylation sites (N-methyl/N-ethyl adjacent to an activating group) is 1. The summed E-state index contributed by atoms with van der Waals surface area (Å²) in [6.45, 7) is 1.50. The highest BCUT2D eigenvalue weighted by Crippen LogP contribution is 2.25.